The zero-order chi connectivity index (χ0) is 19.7. The Hall–Kier alpha value is -2.29. The van der Waals surface area contributed by atoms with Crippen LogP contribution in [0.25, 0.3) is 0 Å². The fourth-order valence-electron chi connectivity index (χ4n) is 3.74. The van der Waals surface area contributed by atoms with E-state index < -0.39 is 31.5 Å². The molecular weight excluding hydrogens is 571 g/mol. The molecular formula is C25H20BiNOS. The van der Waals surface area contributed by atoms with Gasteiger partial charge in [-0.05, 0) is 0 Å². The van der Waals surface area contributed by atoms with Gasteiger partial charge in [0.15, 0.2) is 0 Å². The van der Waals surface area contributed by atoms with Crippen LogP contribution < -0.4 is 9.81 Å². The Kier molecular flexibility index (Phi) is 5.07. The summed E-state index contributed by atoms with van der Waals surface area (Å²) in [5.74, 6) is 0. The van der Waals surface area contributed by atoms with E-state index in [-0.39, 0.29) is 0 Å². The predicted octanol–water partition coefficient (Wildman–Crippen LogP) is 3.60. The molecule has 0 amide bonds. The molecule has 0 aliphatic carbocycles. The van der Waals surface area contributed by atoms with Crippen LogP contribution in [0.3, 0.4) is 0 Å². The molecule has 29 heavy (non-hydrogen) atoms. The number of hydrogen-bond acceptors (Lipinski definition) is 2. The van der Waals surface area contributed by atoms with Crippen LogP contribution in [0.4, 0.5) is 0 Å². The van der Waals surface area contributed by atoms with Gasteiger partial charge in [0.2, 0.25) is 0 Å². The molecule has 4 aromatic carbocycles. The first-order chi connectivity index (χ1) is 14.3. The fraction of sp³-hybridized carbons (Fsp3) is 0.0400. The summed E-state index contributed by atoms with van der Waals surface area (Å²) in [6.45, 7) is 0.452. The average Bonchev–Trinajstić information content (AvgIpc) is 2.80. The van der Waals surface area contributed by atoms with Crippen LogP contribution in [0.5, 0.6) is 0 Å². The van der Waals surface area contributed by atoms with Crippen LogP contribution in [-0.2, 0) is 16.3 Å². The Labute approximate surface area is 180 Å². The van der Waals surface area contributed by atoms with E-state index in [1.54, 1.807) is 0 Å². The summed E-state index contributed by atoms with van der Waals surface area (Å²) in [4.78, 5) is 1.85. The average molecular weight is 591 g/mol. The molecule has 0 saturated heterocycles. The Morgan fingerprint density at radius 2 is 1.10 bits per heavy atom. The first-order valence-electron chi connectivity index (χ1n) is 9.57. The minimum atomic E-state index is -2.67. The zero-order valence-electron chi connectivity index (χ0n) is 15.8. The van der Waals surface area contributed by atoms with Gasteiger partial charge in [0.25, 0.3) is 0 Å². The maximum absolute atomic E-state index is 14.5. The van der Waals surface area contributed by atoms with E-state index in [0.29, 0.717) is 6.54 Å². The van der Waals surface area contributed by atoms with Crippen molar-refractivity contribution in [1.82, 2.24) is 0 Å². The van der Waals surface area contributed by atoms with E-state index in [2.05, 4.69) is 54.6 Å². The first kappa shape index (κ1) is 18.7. The third-order valence-corrected chi connectivity index (χ3v) is 18.7. The summed E-state index contributed by atoms with van der Waals surface area (Å²) in [6, 6.07) is 37.4. The Balaban J connectivity index is 1.76. The molecule has 0 unspecified atom stereocenters. The molecule has 0 N–H and O–H groups in total. The van der Waals surface area contributed by atoms with E-state index >= 15 is 0 Å². The number of nitrogens with zero attached hydrogens (tertiary/aromatic N) is 1. The Morgan fingerprint density at radius 3 is 1.69 bits per heavy atom. The summed E-state index contributed by atoms with van der Waals surface area (Å²) < 4.78 is 23.3. The van der Waals surface area contributed by atoms with Crippen LogP contribution in [0.15, 0.2) is 123 Å². The molecule has 1 aliphatic heterocycles. The fourth-order valence-corrected chi connectivity index (χ4v) is 19.4. The second kappa shape index (κ2) is 7.85. The summed E-state index contributed by atoms with van der Waals surface area (Å²) in [6.07, 6.45) is 0. The van der Waals surface area contributed by atoms with Gasteiger partial charge in [-0.3, -0.25) is 0 Å². The van der Waals surface area contributed by atoms with Crippen molar-refractivity contribution in [3.05, 3.63) is 115 Å². The second-order valence-corrected chi connectivity index (χ2v) is 17.5. The van der Waals surface area contributed by atoms with Crippen molar-refractivity contribution in [3.63, 3.8) is 0 Å². The van der Waals surface area contributed by atoms with E-state index in [0.717, 1.165) is 15.4 Å². The van der Waals surface area contributed by atoms with Gasteiger partial charge in [-0.25, -0.2) is 0 Å². The normalized spacial score (nSPS) is 14.6. The van der Waals surface area contributed by atoms with Crippen LogP contribution in [0.2, 0.25) is 0 Å². The van der Waals surface area contributed by atoms with Gasteiger partial charge in [-0.2, -0.15) is 0 Å². The SMILES string of the molecule is O=S1(=NCc2ccccc2)c2cccc[c]2[Bi]([c]2ccccc2)[c]2ccccc21. The summed E-state index contributed by atoms with van der Waals surface area (Å²) in [7, 11) is -2.67. The topological polar surface area (TPSA) is 29.4 Å². The molecule has 2 nitrogen and oxygen atoms in total. The molecule has 0 radical (unpaired) electrons. The standard InChI is InChI=1S/C19H15NOS.C6H5.Bi/c21-22(18-12-6-2-7-13-18,19-14-8-3-9-15-19)20-16-17-10-4-1-5-11-17;1-2-4-6-5-3-1;/h1-12,14H,16H2;1-5H;. The van der Waals surface area contributed by atoms with Gasteiger partial charge in [0.05, 0.1) is 0 Å². The van der Waals surface area contributed by atoms with Crippen LogP contribution in [0.1, 0.15) is 5.56 Å². The summed E-state index contributed by atoms with van der Waals surface area (Å²) in [5.41, 5.74) is 1.08. The molecule has 0 saturated carbocycles. The van der Waals surface area contributed by atoms with Gasteiger partial charge in [-0.15, -0.1) is 0 Å². The molecule has 4 heteroatoms. The number of fused-ring (bicyclic) bond motifs is 2. The molecule has 1 heterocycles. The van der Waals surface area contributed by atoms with E-state index in [4.69, 9.17) is 4.36 Å². The monoisotopic (exact) mass is 591 g/mol. The molecule has 0 bridgehead atoms. The first-order valence-corrected chi connectivity index (χ1v) is 16.3. The van der Waals surface area contributed by atoms with E-state index in [1.165, 1.54) is 9.81 Å². The van der Waals surface area contributed by atoms with Crippen LogP contribution in [0, 0.1) is 0 Å². The summed E-state index contributed by atoms with van der Waals surface area (Å²) in [5, 5.41) is 0. The molecule has 0 aromatic heterocycles. The quantitative estimate of drug-likeness (QED) is 0.295. The predicted molar refractivity (Wildman–Crippen MR) is 121 cm³/mol. The molecule has 5 rings (SSSR count). The van der Waals surface area contributed by atoms with Crippen molar-refractivity contribution in [3.8, 4) is 0 Å². The molecule has 0 atom stereocenters. The number of benzene rings is 4. The van der Waals surface area contributed by atoms with Crippen molar-refractivity contribution in [1.29, 1.82) is 0 Å². The van der Waals surface area contributed by atoms with Crippen molar-refractivity contribution in [2.24, 2.45) is 4.36 Å². The molecule has 142 valence electrons. The third-order valence-electron chi connectivity index (χ3n) is 5.09. The maximum atomic E-state index is 14.5. The Bertz CT molecular complexity index is 1220. The molecule has 1 aliphatic rings. The minimum absolute atomic E-state index is 0.452. The van der Waals surface area contributed by atoms with Crippen molar-refractivity contribution in [2.45, 2.75) is 16.3 Å². The summed E-state index contributed by atoms with van der Waals surface area (Å²) >= 11 is -2.52. The van der Waals surface area contributed by atoms with Crippen LogP contribution >= 0.6 is 0 Å². The van der Waals surface area contributed by atoms with Crippen molar-refractivity contribution < 1.29 is 4.21 Å². The number of hydrogen-bond donors (Lipinski definition) is 0. The molecule has 0 spiro atoms. The second-order valence-electron chi connectivity index (χ2n) is 6.91. The van der Waals surface area contributed by atoms with Gasteiger partial charge < -0.3 is 0 Å². The third kappa shape index (κ3) is 3.35. The molecule has 0 fully saturated rings. The van der Waals surface area contributed by atoms with Gasteiger partial charge in [0, 0.05) is 0 Å². The number of rotatable bonds is 3. The van der Waals surface area contributed by atoms with Gasteiger partial charge in [0.1, 0.15) is 0 Å². The Morgan fingerprint density at radius 1 is 0.621 bits per heavy atom. The van der Waals surface area contributed by atoms with Gasteiger partial charge in [-0.1, -0.05) is 0 Å². The van der Waals surface area contributed by atoms with Crippen molar-refractivity contribution >= 4 is 41.3 Å². The van der Waals surface area contributed by atoms with E-state index in [1.807, 2.05) is 54.6 Å². The van der Waals surface area contributed by atoms with Crippen LogP contribution in [-0.4, -0.2) is 26.0 Å². The van der Waals surface area contributed by atoms with Gasteiger partial charge >= 0.3 is 181 Å². The zero-order valence-corrected chi connectivity index (χ0v) is 20.1. The molecule has 4 aromatic rings. The van der Waals surface area contributed by atoms with Crippen molar-refractivity contribution in [2.75, 3.05) is 0 Å². The van der Waals surface area contributed by atoms with E-state index in [9.17, 15) is 4.21 Å².